The van der Waals surface area contributed by atoms with Gasteiger partial charge in [0.05, 0.1) is 0 Å². The molecule has 0 aromatic carbocycles. The van der Waals surface area contributed by atoms with Gasteiger partial charge in [-0.05, 0) is 39.6 Å². The van der Waals surface area contributed by atoms with Crippen LogP contribution in [0.4, 0.5) is 5.82 Å². The zero-order chi connectivity index (χ0) is 15.1. The highest BCUT2D eigenvalue weighted by molar-refractivity contribution is 5.95. The molecule has 20 heavy (non-hydrogen) atoms. The van der Waals surface area contributed by atoms with Crippen molar-refractivity contribution in [2.75, 3.05) is 46.1 Å². The molecule has 0 aliphatic heterocycles. The van der Waals surface area contributed by atoms with Crippen LogP contribution in [0.25, 0.3) is 0 Å². The number of hydrogen-bond acceptors (Lipinski definition) is 4. The fraction of sp³-hybridized carbons (Fsp3) is 0.600. The molecule has 0 fully saturated rings. The Labute approximate surface area is 122 Å². The van der Waals surface area contributed by atoms with Crippen molar-refractivity contribution in [3.63, 3.8) is 0 Å². The average Bonchev–Trinajstić information content (AvgIpc) is 2.41. The summed E-state index contributed by atoms with van der Waals surface area (Å²) >= 11 is 0. The van der Waals surface area contributed by atoms with Crippen molar-refractivity contribution in [2.45, 2.75) is 20.3 Å². The fourth-order valence-electron chi connectivity index (χ4n) is 2.01. The van der Waals surface area contributed by atoms with Gasteiger partial charge in [-0.2, -0.15) is 0 Å². The maximum Gasteiger partial charge on any atom is 0.254 e. The molecular formula is C15H26N4O. The van der Waals surface area contributed by atoms with Gasteiger partial charge in [0.1, 0.15) is 5.82 Å². The van der Waals surface area contributed by atoms with Crippen LogP contribution in [0.15, 0.2) is 12.1 Å². The van der Waals surface area contributed by atoms with Crippen LogP contribution >= 0.6 is 0 Å². The van der Waals surface area contributed by atoms with E-state index in [2.05, 4.69) is 22.1 Å². The fourth-order valence-corrected chi connectivity index (χ4v) is 2.01. The number of aromatic nitrogens is 1. The van der Waals surface area contributed by atoms with Crippen LogP contribution in [-0.2, 0) is 0 Å². The van der Waals surface area contributed by atoms with E-state index < -0.39 is 0 Å². The largest absolute Gasteiger partial charge is 0.373 e. The Balaban J connectivity index is 2.90. The molecule has 1 N–H and O–H groups in total. The molecule has 5 nitrogen and oxygen atoms in total. The van der Waals surface area contributed by atoms with Crippen LogP contribution in [0, 0.1) is 6.92 Å². The first-order chi connectivity index (χ1) is 9.47. The van der Waals surface area contributed by atoms with Gasteiger partial charge in [0, 0.05) is 37.9 Å². The van der Waals surface area contributed by atoms with Crippen molar-refractivity contribution in [3.8, 4) is 0 Å². The van der Waals surface area contributed by atoms with Crippen LogP contribution in [0.5, 0.6) is 0 Å². The Hall–Kier alpha value is -1.62. The molecule has 0 bridgehead atoms. The van der Waals surface area contributed by atoms with Crippen molar-refractivity contribution < 1.29 is 4.79 Å². The minimum absolute atomic E-state index is 0.0794. The molecule has 0 aliphatic rings. The quantitative estimate of drug-likeness (QED) is 0.827. The van der Waals surface area contributed by atoms with Crippen molar-refractivity contribution in [2.24, 2.45) is 0 Å². The lowest BCUT2D eigenvalue weighted by atomic mass is 10.2. The van der Waals surface area contributed by atoms with Crippen LogP contribution in [0.1, 0.15) is 29.4 Å². The van der Waals surface area contributed by atoms with Gasteiger partial charge in [-0.15, -0.1) is 0 Å². The van der Waals surface area contributed by atoms with E-state index in [1.165, 1.54) is 0 Å². The minimum atomic E-state index is 0.0794. The summed E-state index contributed by atoms with van der Waals surface area (Å²) in [5.41, 5.74) is 1.55. The second kappa shape index (κ2) is 7.85. The Morgan fingerprint density at radius 3 is 2.50 bits per heavy atom. The van der Waals surface area contributed by atoms with Crippen LogP contribution in [0.2, 0.25) is 0 Å². The highest BCUT2D eigenvalue weighted by Crippen LogP contribution is 2.12. The molecule has 0 saturated carbocycles. The lowest BCUT2D eigenvalue weighted by molar-refractivity contribution is 0.0745. The standard InChI is InChI=1S/C15H26N4O/c1-6-7-19(9-8-18(4)5)15(20)13-10-12(2)17-14(11-13)16-3/h10-11H,6-9H2,1-5H3,(H,16,17). The van der Waals surface area contributed by atoms with Gasteiger partial charge in [0.2, 0.25) is 0 Å². The lowest BCUT2D eigenvalue weighted by Crippen LogP contribution is -2.37. The van der Waals surface area contributed by atoms with E-state index in [1.54, 1.807) is 0 Å². The molecular weight excluding hydrogens is 252 g/mol. The number of amides is 1. The van der Waals surface area contributed by atoms with Crippen molar-refractivity contribution in [1.82, 2.24) is 14.8 Å². The Morgan fingerprint density at radius 2 is 1.95 bits per heavy atom. The first kappa shape index (κ1) is 16.4. The Kier molecular flexibility index (Phi) is 6.45. The molecule has 1 aromatic heterocycles. The molecule has 5 heteroatoms. The molecule has 0 unspecified atom stereocenters. The summed E-state index contributed by atoms with van der Waals surface area (Å²) in [6.07, 6.45) is 0.960. The number of hydrogen-bond donors (Lipinski definition) is 1. The molecule has 0 atom stereocenters. The van der Waals surface area contributed by atoms with Crippen LogP contribution in [0.3, 0.4) is 0 Å². The molecule has 1 aromatic rings. The average molecular weight is 278 g/mol. The molecule has 0 radical (unpaired) electrons. The number of nitrogens with zero attached hydrogens (tertiary/aromatic N) is 3. The number of aryl methyl sites for hydroxylation is 1. The van der Waals surface area contributed by atoms with Gasteiger partial charge in [-0.1, -0.05) is 6.92 Å². The second-order valence-corrected chi connectivity index (χ2v) is 5.23. The van der Waals surface area contributed by atoms with Crippen molar-refractivity contribution >= 4 is 11.7 Å². The van der Waals surface area contributed by atoms with Gasteiger partial charge >= 0.3 is 0 Å². The van der Waals surface area contributed by atoms with Gasteiger partial charge in [-0.3, -0.25) is 4.79 Å². The summed E-state index contributed by atoms with van der Waals surface area (Å²) in [5, 5.41) is 2.99. The summed E-state index contributed by atoms with van der Waals surface area (Å²) in [5.74, 6) is 0.813. The van der Waals surface area contributed by atoms with Crippen LogP contribution < -0.4 is 5.32 Å². The molecule has 112 valence electrons. The van der Waals surface area contributed by atoms with Gasteiger partial charge in [-0.25, -0.2) is 4.98 Å². The highest BCUT2D eigenvalue weighted by atomic mass is 16.2. The number of anilines is 1. The molecule has 1 rings (SSSR count). The zero-order valence-electron chi connectivity index (χ0n) is 13.2. The molecule has 0 spiro atoms. The number of nitrogens with one attached hydrogen (secondary N) is 1. The third-order valence-electron chi connectivity index (χ3n) is 3.05. The molecule has 1 heterocycles. The monoisotopic (exact) mass is 278 g/mol. The smallest absolute Gasteiger partial charge is 0.254 e. The Bertz CT molecular complexity index is 445. The van der Waals surface area contributed by atoms with E-state index >= 15 is 0 Å². The Morgan fingerprint density at radius 1 is 1.25 bits per heavy atom. The topological polar surface area (TPSA) is 48.5 Å². The number of carbonyl (C=O) groups is 1. The SMILES string of the molecule is CCCN(CCN(C)C)C(=O)c1cc(C)nc(NC)c1. The van der Waals surface area contributed by atoms with Crippen molar-refractivity contribution in [1.29, 1.82) is 0 Å². The van der Waals surface area contributed by atoms with E-state index in [4.69, 9.17) is 0 Å². The molecule has 0 saturated heterocycles. The third-order valence-corrected chi connectivity index (χ3v) is 3.05. The van der Waals surface area contributed by atoms with E-state index in [9.17, 15) is 4.79 Å². The van der Waals surface area contributed by atoms with Gasteiger partial charge in [0.25, 0.3) is 5.91 Å². The first-order valence-corrected chi connectivity index (χ1v) is 7.08. The normalized spacial score (nSPS) is 10.7. The first-order valence-electron chi connectivity index (χ1n) is 7.08. The van der Waals surface area contributed by atoms with E-state index in [0.717, 1.165) is 37.6 Å². The van der Waals surface area contributed by atoms with Crippen LogP contribution in [-0.4, -0.2) is 61.5 Å². The number of pyridine rings is 1. The minimum Gasteiger partial charge on any atom is -0.373 e. The number of likely N-dealkylation sites (N-methyl/N-ethyl adjacent to an activating group) is 1. The highest BCUT2D eigenvalue weighted by Gasteiger charge is 2.16. The number of carbonyl (C=O) groups excluding carboxylic acids is 1. The summed E-state index contributed by atoms with van der Waals surface area (Å²) in [7, 11) is 5.85. The predicted octanol–water partition coefficient (Wildman–Crippen LogP) is 1.85. The van der Waals surface area contributed by atoms with E-state index in [0.29, 0.717) is 5.56 Å². The molecule has 0 aliphatic carbocycles. The molecule has 1 amide bonds. The zero-order valence-corrected chi connectivity index (χ0v) is 13.2. The predicted molar refractivity (Wildman–Crippen MR) is 83.3 cm³/mol. The summed E-state index contributed by atoms with van der Waals surface area (Å²) < 4.78 is 0. The third kappa shape index (κ3) is 4.81. The van der Waals surface area contributed by atoms with E-state index in [-0.39, 0.29) is 5.91 Å². The van der Waals surface area contributed by atoms with Crippen molar-refractivity contribution in [3.05, 3.63) is 23.4 Å². The van der Waals surface area contributed by atoms with E-state index in [1.807, 2.05) is 45.1 Å². The summed E-state index contributed by atoms with van der Waals surface area (Å²) in [6.45, 7) is 6.39. The van der Waals surface area contributed by atoms with Gasteiger partial charge < -0.3 is 15.1 Å². The second-order valence-electron chi connectivity index (χ2n) is 5.23. The summed E-state index contributed by atoms with van der Waals surface area (Å²) in [6, 6.07) is 3.66. The number of rotatable bonds is 7. The summed E-state index contributed by atoms with van der Waals surface area (Å²) in [4.78, 5) is 20.9. The maximum absolute atomic E-state index is 12.6. The lowest BCUT2D eigenvalue weighted by Gasteiger charge is -2.24. The maximum atomic E-state index is 12.6. The van der Waals surface area contributed by atoms with Gasteiger partial charge in [0.15, 0.2) is 0 Å².